The van der Waals surface area contributed by atoms with E-state index in [2.05, 4.69) is 15.5 Å². The van der Waals surface area contributed by atoms with Crippen LogP contribution in [0.1, 0.15) is 25.7 Å². The van der Waals surface area contributed by atoms with Gasteiger partial charge in [0.25, 0.3) is 0 Å². The smallest absolute Gasteiger partial charge is 0.340 e. The van der Waals surface area contributed by atoms with Gasteiger partial charge in [-0.05, 0) is 35.4 Å². The third-order valence-electron chi connectivity index (χ3n) is 3.53. The molecular formula is C13H17N5O. The highest BCUT2D eigenvalue weighted by atomic mass is 16.5. The number of para-hydroxylation sites is 1. The van der Waals surface area contributed by atoms with E-state index in [9.17, 15) is 0 Å². The van der Waals surface area contributed by atoms with Crippen molar-refractivity contribution in [1.82, 2.24) is 20.2 Å². The Labute approximate surface area is 111 Å². The molecule has 6 nitrogen and oxygen atoms in total. The van der Waals surface area contributed by atoms with Crippen LogP contribution in [0.3, 0.4) is 0 Å². The molecule has 6 heteroatoms. The van der Waals surface area contributed by atoms with E-state index in [0.717, 1.165) is 18.5 Å². The van der Waals surface area contributed by atoms with E-state index < -0.39 is 0 Å². The quantitative estimate of drug-likeness (QED) is 0.895. The van der Waals surface area contributed by atoms with Crippen molar-refractivity contribution in [3.63, 3.8) is 0 Å². The summed E-state index contributed by atoms with van der Waals surface area (Å²) in [4.78, 5) is 0. The fourth-order valence-electron chi connectivity index (χ4n) is 2.43. The van der Waals surface area contributed by atoms with Crippen LogP contribution in [0.2, 0.25) is 0 Å². The maximum absolute atomic E-state index is 6.26. The summed E-state index contributed by atoms with van der Waals surface area (Å²) >= 11 is 0. The molecule has 0 spiro atoms. The van der Waals surface area contributed by atoms with Crippen LogP contribution >= 0.6 is 0 Å². The van der Waals surface area contributed by atoms with Crippen LogP contribution in [0.5, 0.6) is 6.01 Å². The van der Waals surface area contributed by atoms with Crippen molar-refractivity contribution >= 4 is 0 Å². The number of hydrogen-bond donors (Lipinski definition) is 1. The summed E-state index contributed by atoms with van der Waals surface area (Å²) in [6, 6.07) is 10.1. The van der Waals surface area contributed by atoms with Gasteiger partial charge in [-0.3, -0.25) is 0 Å². The summed E-state index contributed by atoms with van der Waals surface area (Å²) in [5.41, 5.74) is 6.91. The summed E-state index contributed by atoms with van der Waals surface area (Å²) in [5, 5.41) is 11.5. The van der Waals surface area contributed by atoms with Crippen LogP contribution in [0, 0.1) is 0 Å². The Hall–Kier alpha value is -1.95. The fourth-order valence-corrected chi connectivity index (χ4v) is 2.43. The molecule has 1 fully saturated rings. The van der Waals surface area contributed by atoms with Crippen molar-refractivity contribution in [3.8, 4) is 11.7 Å². The van der Waals surface area contributed by atoms with E-state index in [-0.39, 0.29) is 5.54 Å². The molecule has 100 valence electrons. The zero-order valence-corrected chi connectivity index (χ0v) is 10.7. The summed E-state index contributed by atoms with van der Waals surface area (Å²) in [7, 11) is 0. The highest BCUT2D eigenvalue weighted by molar-refractivity contribution is 5.31. The maximum Gasteiger partial charge on any atom is 0.340 e. The van der Waals surface area contributed by atoms with Crippen molar-refractivity contribution in [2.75, 3.05) is 6.61 Å². The van der Waals surface area contributed by atoms with E-state index in [1.54, 1.807) is 4.68 Å². The van der Waals surface area contributed by atoms with E-state index >= 15 is 0 Å². The lowest BCUT2D eigenvalue weighted by Crippen LogP contribution is -2.42. The van der Waals surface area contributed by atoms with Gasteiger partial charge in [0.15, 0.2) is 0 Å². The molecular weight excluding hydrogens is 242 g/mol. The van der Waals surface area contributed by atoms with Crippen LogP contribution in [-0.2, 0) is 0 Å². The molecule has 0 radical (unpaired) electrons. The van der Waals surface area contributed by atoms with Crippen LogP contribution in [0.15, 0.2) is 30.3 Å². The van der Waals surface area contributed by atoms with E-state index in [4.69, 9.17) is 10.5 Å². The predicted molar refractivity (Wildman–Crippen MR) is 70.0 cm³/mol. The molecule has 1 saturated carbocycles. The average molecular weight is 259 g/mol. The van der Waals surface area contributed by atoms with Crippen LogP contribution in [0.4, 0.5) is 0 Å². The molecule has 0 aliphatic heterocycles. The van der Waals surface area contributed by atoms with Gasteiger partial charge in [-0.1, -0.05) is 36.1 Å². The second kappa shape index (κ2) is 4.97. The molecule has 1 aliphatic rings. The Balaban J connectivity index is 1.74. The minimum absolute atomic E-state index is 0.229. The molecule has 3 rings (SSSR count). The zero-order valence-electron chi connectivity index (χ0n) is 10.7. The van der Waals surface area contributed by atoms with Crippen molar-refractivity contribution in [3.05, 3.63) is 30.3 Å². The van der Waals surface area contributed by atoms with Crippen LogP contribution in [-0.4, -0.2) is 32.4 Å². The highest BCUT2D eigenvalue weighted by Gasteiger charge is 2.30. The number of tetrazole rings is 1. The number of hydrogen-bond acceptors (Lipinski definition) is 5. The van der Waals surface area contributed by atoms with Gasteiger partial charge >= 0.3 is 6.01 Å². The first kappa shape index (κ1) is 12.1. The normalized spacial score (nSPS) is 17.5. The van der Waals surface area contributed by atoms with Gasteiger partial charge in [-0.25, -0.2) is 0 Å². The number of rotatable bonds is 4. The van der Waals surface area contributed by atoms with Gasteiger partial charge < -0.3 is 10.5 Å². The molecule has 1 heterocycles. The van der Waals surface area contributed by atoms with Crippen molar-refractivity contribution < 1.29 is 4.74 Å². The third kappa shape index (κ3) is 2.58. The Bertz CT molecular complexity index is 533. The maximum atomic E-state index is 6.26. The lowest BCUT2D eigenvalue weighted by Gasteiger charge is -2.22. The summed E-state index contributed by atoms with van der Waals surface area (Å²) in [5.74, 6) is 0. The van der Waals surface area contributed by atoms with E-state index in [1.165, 1.54) is 12.8 Å². The second-order valence-corrected chi connectivity index (χ2v) is 5.07. The molecule has 0 bridgehead atoms. The zero-order chi connectivity index (χ0) is 13.1. The fraction of sp³-hybridized carbons (Fsp3) is 0.462. The molecule has 2 N–H and O–H groups in total. The molecule has 0 saturated heterocycles. The number of ether oxygens (including phenoxy) is 1. The van der Waals surface area contributed by atoms with Crippen LogP contribution in [0.25, 0.3) is 5.69 Å². The molecule has 1 aromatic heterocycles. The van der Waals surface area contributed by atoms with Crippen molar-refractivity contribution in [2.45, 2.75) is 31.2 Å². The minimum Gasteiger partial charge on any atom is -0.460 e. The summed E-state index contributed by atoms with van der Waals surface area (Å²) in [6.45, 7) is 0.459. The minimum atomic E-state index is -0.229. The first-order valence-corrected chi connectivity index (χ1v) is 6.52. The van der Waals surface area contributed by atoms with Crippen molar-refractivity contribution in [2.24, 2.45) is 5.73 Å². The van der Waals surface area contributed by atoms with Gasteiger partial charge in [-0.2, -0.15) is 4.68 Å². The Kier molecular flexibility index (Phi) is 3.16. The summed E-state index contributed by atoms with van der Waals surface area (Å²) in [6.07, 6.45) is 4.34. The van der Waals surface area contributed by atoms with Gasteiger partial charge in [0.1, 0.15) is 6.61 Å². The molecule has 0 atom stereocenters. The van der Waals surface area contributed by atoms with Crippen LogP contribution < -0.4 is 10.5 Å². The Morgan fingerprint density at radius 1 is 1.21 bits per heavy atom. The standard InChI is InChI=1S/C13H17N5O/c14-13(8-4-5-9-13)10-19-12-15-16-17-18(12)11-6-2-1-3-7-11/h1-3,6-7H,4-5,8-10,14H2. The van der Waals surface area contributed by atoms with Gasteiger partial charge in [-0.15, -0.1) is 0 Å². The molecule has 2 aromatic rings. The topological polar surface area (TPSA) is 78.8 Å². The molecule has 19 heavy (non-hydrogen) atoms. The summed E-state index contributed by atoms with van der Waals surface area (Å²) < 4.78 is 7.30. The number of benzene rings is 1. The number of nitrogens with zero attached hydrogens (tertiary/aromatic N) is 4. The number of nitrogens with two attached hydrogens (primary N) is 1. The lowest BCUT2D eigenvalue weighted by atomic mass is 10.0. The second-order valence-electron chi connectivity index (χ2n) is 5.07. The Morgan fingerprint density at radius 2 is 1.95 bits per heavy atom. The van der Waals surface area contributed by atoms with E-state index in [1.807, 2.05) is 30.3 Å². The van der Waals surface area contributed by atoms with E-state index in [0.29, 0.717) is 12.6 Å². The largest absolute Gasteiger partial charge is 0.460 e. The molecule has 0 amide bonds. The first-order chi connectivity index (χ1) is 9.27. The molecule has 0 unspecified atom stereocenters. The lowest BCUT2D eigenvalue weighted by molar-refractivity contribution is 0.201. The van der Waals surface area contributed by atoms with Gasteiger partial charge in [0, 0.05) is 0 Å². The highest BCUT2D eigenvalue weighted by Crippen LogP contribution is 2.27. The van der Waals surface area contributed by atoms with Gasteiger partial charge in [0.2, 0.25) is 0 Å². The van der Waals surface area contributed by atoms with Gasteiger partial charge in [0.05, 0.1) is 11.2 Å². The first-order valence-electron chi connectivity index (χ1n) is 6.52. The SMILES string of the molecule is NC1(COc2nnnn2-c2ccccc2)CCCC1. The third-order valence-corrected chi connectivity index (χ3v) is 3.53. The van der Waals surface area contributed by atoms with Crippen molar-refractivity contribution in [1.29, 1.82) is 0 Å². The Morgan fingerprint density at radius 3 is 2.68 bits per heavy atom. The molecule has 1 aliphatic carbocycles. The monoisotopic (exact) mass is 259 g/mol. The average Bonchev–Trinajstić information content (AvgIpc) is 3.07. The number of aromatic nitrogens is 4. The predicted octanol–water partition coefficient (Wildman–Crippen LogP) is 1.31. The molecule has 1 aromatic carbocycles.